The molecule has 2 aromatic carbocycles. The van der Waals surface area contributed by atoms with Gasteiger partial charge in [0, 0.05) is 39.6 Å². The van der Waals surface area contributed by atoms with E-state index in [0.29, 0.717) is 0 Å². The summed E-state index contributed by atoms with van der Waals surface area (Å²) in [6.07, 6.45) is 6.66. The highest BCUT2D eigenvalue weighted by molar-refractivity contribution is 6.06. The first-order valence-electron chi connectivity index (χ1n) is 7.93. The van der Waals surface area contributed by atoms with Crippen LogP contribution in [-0.2, 0) is 0 Å². The average molecular weight is 303 g/mol. The maximum atomic E-state index is 3.51. The van der Waals surface area contributed by atoms with Gasteiger partial charge in [-0.3, -0.25) is 0 Å². The standard InChI is InChI=1S/C21H23N2/c1-22(2)18-12-8-16(9-13-18)20-6-5-7-21(20)17-10-14-19(15-11-17)23(3)4/h6,8-15H,5H2,1-4H3. The summed E-state index contributed by atoms with van der Waals surface area (Å²) >= 11 is 0. The van der Waals surface area contributed by atoms with Crippen molar-refractivity contribution in [3.63, 3.8) is 0 Å². The molecule has 1 radical (unpaired) electrons. The fourth-order valence-corrected chi connectivity index (χ4v) is 2.84. The van der Waals surface area contributed by atoms with Crippen molar-refractivity contribution in [3.8, 4) is 0 Å². The van der Waals surface area contributed by atoms with Gasteiger partial charge in [-0.15, -0.1) is 0 Å². The summed E-state index contributed by atoms with van der Waals surface area (Å²) in [4.78, 5) is 4.24. The lowest BCUT2D eigenvalue weighted by atomic mass is 9.94. The van der Waals surface area contributed by atoms with Gasteiger partial charge >= 0.3 is 0 Å². The molecule has 0 atom stereocenters. The number of allylic oxidation sites excluding steroid dienone is 4. The molecule has 0 aromatic heterocycles. The smallest absolute Gasteiger partial charge is 0.0361 e. The molecule has 0 saturated heterocycles. The second kappa shape index (κ2) is 6.33. The lowest BCUT2D eigenvalue weighted by Gasteiger charge is -2.16. The van der Waals surface area contributed by atoms with Crippen LogP contribution >= 0.6 is 0 Å². The van der Waals surface area contributed by atoms with Gasteiger partial charge < -0.3 is 9.80 Å². The highest BCUT2D eigenvalue weighted by Crippen LogP contribution is 2.36. The van der Waals surface area contributed by atoms with Crippen LogP contribution in [0.15, 0.2) is 54.6 Å². The Morgan fingerprint density at radius 2 is 1.17 bits per heavy atom. The van der Waals surface area contributed by atoms with Gasteiger partial charge in [0.25, 0.3) is 0 Å². The predicted octanol–water partition coefficient (Wildman–Crippen LogP) is 4.49. The predicted molar refractivity (Wildman–Crippen MR) is 101 cm³/mol. The minimum atomic E-state index is 0.884. The van der Waals surface area contributed by atoms with Crippen molar-refractivity contribution in [1.29, 1.82) is 0 Å². The van der Waals surface area contributed by atoms with Crippen LogP contribution in [0.5, 0.6) is 0 Å². The number of nitrogens with zero attached hydrogens (tertiary/aromatic N) is 2. The molecule has 0 heterocycles. The SMILES string of the molecule is CN(C)c1ccc(C2=[C]CC=C2c2ccc(N(C)C)cc2)cc1. The molecule has 117 valence electrons. The van der Waals surface area contributed by atoms with Gasteiger partial charge in [0.05, 0.1) is 0 Å². The van der Waals surface area contributed by atoms with E-state index >= 15 is 0 Å². The quantitative estimate of drug-likeness (QED) is 0.821. The fourth-order valence-electron chi connectivity index (χ4n) is 2.84. The van der Waals surface area contributed by atoms with Crippen LogP contribution in [-0.4, -0.2) is 28.2 Å². The Morgan fingerprint density at radius 1 is 0.696 bits per heavy atom. The number of hydrogen-bond acceptors (Lipinski definition) is 2. The van der Waals surface area contributed by atoms with Gasteiger partial charge in [-0.05, 0) is 59.0 Å². The number of anilines is 2. The van der Waals surface area contributed by atoms with Gasteiger partial charge in [0.15, 0.2) is 0 Å². The Labute approximate surface area is 139 Å². The summed E-state index contributed by atoms with van der Waals surface area (Å²) < 4.78 is 0. The Kier molecular flexibility index (Phi) is 4.24. The molecule has 0 spiro atoms. The van der Waals surface area contributed by atoms with Crippen molar-refractivity contribution in [2.24, 2.45) is 0 Å². The summed E-state index contributed by atoms with van der Waals surface area (Å²) in [5, 5.41) is 0. The molecule has 3 rings (SSSR count). The summed E-state index contributed by atoms with van der Waals surface area (Å²) in [6, 6.07) is 17.4. The molecule has 0 unspecified atom stereocenters. The molecule has 2 heteroatoms. The van der Waals surface area contributed by atoms with Crippen LogP contribution in [0.3, 0.4) is 0 Å². The molecule has 2 aromatic rings. The van der Waals surface area contributed by atoms with E-state index in [1.807, 2.05) is 0 Å². The second-order valence-corrected chi connectivity index (χ2v) is 6.26. The van der Waals surface area contributed by atoms with E-state index in [2.05, 4.69) is 98.7 Å². The van der Waals surface area contributed by atoms with Crippen LogP contribution in [0.1, 0.15) is 17.5 Å². The summed E-state index contributed by atoms with van der Waals surface area (Å²) in [6.45, 7) is 0. The fraction of sp³-hybridized carbons (Fsp3) is 0.238. The van der Waals surface area contributed by atoms with Crippen molar-refractivity contribution in [2.45, 2.75) is 6.42 Å². The molecular weight excluding hydrogens is 280 g/mol. The third kappa shape index (κ3) is 3.16. The van der Waals surface area contributed by atoms with Gasteiger partial charge in [0.1, 0.15) is 0 Å². The third-order valence-electron chi connectivity index (χ3n) is 4.22. The zero-order valence-corrected chi connectivity index (χ0v) is 14.3. The van der Waals surface area contributed by atoms with Crippen molar-refractivity contribution >= 4 is 22.5 Å². The Morgan fingerprint density at radius 3 is 1.65 bits per heavy atom. The van der Waals surface area contributed by atoms with E-state index in [9.17, 15) is 0 Å². The van der Waals surface area contributed by atoms with Crippen molar-refractivity contribution in [3.05, 3.63) is 71.8 Å². The van der Waals surface area contributed by atoms with E-state index in [4.69, 9.17) is 0 Å². The van der Waals surface area contributed by atoms with Crippen molar-refractivity contribution in [2.75, 3.05) is 38.0 Å². The number of hydrogen-bond donors (Lipinski definition) is 0. The maximum Gasteiger partial charge on any atom is 0.0361 e. The van der Waals surface area contributed by atoms with Crippen LogP contribution < -0.4 is 9.80 Å². The summed E-state index contributed by atoms with van der Waals surface area (Å²) in [7, 11) is 8.26. The molecular formula is C21H23N2. The van der Waals surface area contributed by atoms with E-state index in [1.165, 1.54) is 33.6 Å². The highest BCUT2D eigenvalue weighted by Gasteiger charge is 2.15. The van der Waals surface area contributed by atoms with E-state index in [1.54, 1.807) is 0 Å². The first kappa shape index (κ1) is 15.4. The minimum absolute atomic E-state index is 0.884. The molecule has 0 fully saturated rings. The van der Waals surface area contributed by atoms with E-state index in [0.717, 1.165) is 6.42 Å². The van der Waals surface area contributed by atoms with E-state index in [-0.39, 0.29) is 0 Å². The van der Waals surface area contributed by atoms with Gasteiger partial charge in [-0.25, -0.2) is 0 Å². The van der Waals surface area contributed by atoms with Crippen LogP contribution in [0.4, 0.5) is 11.4 Å². The van der Waals surface area contributed by atoms with Gasteiger partial charge in [-0.1, -0.05) is 30.3 Å². The molecule has 0 aliphatic heterocycles. The lowest BCUT2D eigenvalue weighted by molar-refractivity contribution is 1.13. The monoisotopic (exact) mass is 303 g/mol. The molecule has 2 nitrogen and oxygen atoms in total. The van der Waals surface area contributed by atoms with Crippen LogP contribution in [0.25, 0.3) is 11.1 Å². The third-order valence-corrected chi connectivity index (χ3v) is 4.22. The number of benzene rings is 2. The van der Waals surface area contributed by atoms with Crippen LogP contribution in [0, 0.1) is 6.08 Å². The second-order valence-electron chi connectivity index (χ2n) is 6.26. The maximum absolute atomic E-state index is 3.51. The largest absolute Gasteiger partial charge is 0.378 e. The first-order chi connectivity index (χ1) is 11.1. The molecule has 0 amide bonds. The van der Waals surface area contributed by atoms with Crippen molar-refractivity contribution in [1.82, 2.24) is 0 Å². The zero-order chi connectivity index (χ0) is 16.4. The molecule has 1 aliphatic rings. The Hall–Kier alpha value is -2.48. The molecule has 0 N–H and O–H groups in total. The summed E-state index contributed by atoms with van der Waals surface area (Å²) in [5.74, 6) is 0. The Bertz CT molecular complexity index is 667. The summed E-state index contributed by atoms with van der Waals surface area (Å²) in [5.41, 5.74) is 7.43. The van der Waals surface area contributed by atoms with Gasteiger partial charge in [-0.2, -0.15) is 0 Å². The molecule has 1 aliphatic carbocycles. The highest BCUT2D eigenvalue weighted by atomic mass is 15.1. The minimum Gasteiger partial charge on any atom is -0.378 e. The lowest BCUT2D eigenvalue weighted by Crippen LogP contribution is -2.08. The van der Waals surface area contributed by atoms with Crippen molar-refractivity contribution < 1.29 is 0 Å². The van der Waals surface area contributed by atoms with Gasteiger partial charge in [0.2, 0.25) is 0 Å². The van der Waals surface area contributed by atoms with Crippen LogP contribution in [0.2, 0.25) is 0 Å². The molecule has 0 bridgehead atoms. The Balaban J connectivity index is 1.87. The molecule has 0 saturated carbocycles. The van der Waals surface area contributed by atoms with E-state index < -0.39 is 0 Å². The topological polar surface area (TPSA) is 6.48 Å². The number of rotatable bonds is 4. The normalized spacial score (nSPS) is 13.6. The zero-order valence-electron chi connectivity index (χ0n) is 14.3. The molecule has 23 heavy (non-hydrogen) atoms. The first-order valence-corrected chi connectivity index (χ1v) is 7.93. The average Bonchev–Trinajstić information content (AvgIpc) is 3.04.